The third-order valence-electron chi connectivity index (χ3n) is 6.87. The highest BCUT2D eigenvalue weighted by Gasteiger charge is 2.09. The Bertz CT molecular complexity index is 413. The van der Waals surface area contributed by atoms with Gasteiger partial charge in [-0.25, -0.2) is 0 Å². The lowest BCUT2D eigenvalue weighted by molar-refractivity contribution is -0.147. The molecule has 0 saturated carbocycles. The third-order valence-corrected chi connectivity index (χ3v) is 6.87. The van der Waals surface area contributed by atoms with Crippen molar-refractivity contribution < 1.29 is 19.4 Å². The molecule has 0 bridgehead atoms. The van der Waals surface area contributed by atoms with Crippen LogP contribution in [0.25, 0.3) is 0 Å². The zero-order valence-corrected chi connectivity index (χ0v) is 23.8. The number of carbonyl (C=O) groups is 1. The maximum atomic E-state index is 11.8. The molecule has 1 unspecified atom stereocenters. The van der Waals surface area contributed by atoms with Gasteiger partial charge in [0, 0.05) is 13.0 Å². The highest BCUT2D eigenvalue weighted by atomic mass is 16.5. The van der Waals surface area contributed by atoms with Crippen molar-refractivity contribution in [2.24, 2.45) is 0 Å². The lowest BCUT2D eigenvalue weighted by Crippen LogP contribution is -2.24. The Morgan fingerprint density at radius 2 is 0.914 bits per heavy atom. The summed E-state index contributed by atoms with van der Waals surface area (Å²) in [4.78, 5) is 11.8. The fourth-order valence-electron chi connectivity index (χ4n) is 4.51. The van der Waals surface area contributed by atoms with Crippen LogP contribution in [0, 0.1) is 0 Å². The standard InChI is InChI=1S/C31H62O4/c1-3-5-7-9-11-13-15-16-17-18-20-22-24-26-31(33)35-29-30(32)28-34-27-25-23-21-19-14-12-10-8-6-4-2/h30,32H,3-29H2,1-2H3. The van der Waals surface area contributed by atoms with Crippen LogP contribution in [0.2, 0.25) is 0 Å². The van der Waals surface area contributed by atoms with Crippen LogP contribution in [0.4, 0.5) is 0 Å². The van der Waals surface area contributed by atoms with Gasteiger partial charge in [0.25, 0.3) is 0 Å². The molecule has 0 aromatic heterocycles. The SMILES string of the molecule is CCCCCCCCCCCCCCCC(=O)OCC(O)COCCCCCCCCCCCC. The first-order valence-electron chi connectivity index (χ1n) is 15.6. The summed E-state index contributed by atoms with van der Waals surface area (Å²) < 4.78 is 10.7. The maximum Gasteiger partial charge on any atom is 0.305 e. The van der Waals surface area contributed by atoms with Gasteiger partial charge >= 0.3 is 5.97 Å². The van der Waals surface area contributed by atoms with Crippen LogP contribution in [-0.4, -0.2) is 37.0 Å². The fourth-order valence-corrected chi connectivity index (χ4v) is 4.51. The van der Waals surface area contributed by atoms with Crippen molar-refractivity contribution in [2.75, 3.05) is 19.8 Å². The summed E-state index contributed by atoms with van der Waals surface area (Å²) in [7, 11) is 0. The van der Waals surface area contributed by atoms with E-state index in [1.54, 1.807) is 0 Å². The molecule has 4 heteroatoms. The normalized spacial score (nSPS) is 12.2. The minimum Gasteiger partial charge on any atom is -0.463 e. The summed E-state index contributed by atoms with van der Waals surface area (Å²) in [6.07, 6.45) is 29.6. The average molecular weight is 499 g/mol. The van der Waals surface area contributed by atoms with Gasteiger partial charge in [-0.2, -0.15) is 0 Å². The van der Waals surface area contributed by atoms with E-state index >= 15 is 0 Å². The van der Waals surface area contributed by atoms with Crippen molar-refractivity contribution in [3.63, 3.8) is 0 Å². The highest BCUT2D eigenvalue weighted by Crippen LogP contribution is 2.13. The number of carbonyl (C=O) groups excluding carboxylic acids is 1. The van der Waals surface area contributed by atoms with Gasteiger partial charge in [-0.15, -0.1) is 0 Å². The monoisotopic (exact) mass is 498 g/mol. The lowest BCUT2D eigenvalue weighted by atomic mass is 10.0. The number of hydrogen-bond acceptors (Lipinski definition) is 4. The van der Waals surface area contributed by atoms with Crippen LogP contribution in [0.3, 0.4) is 0 Å². The van der Waals surface area contributed by atoms with Crippen LogP contribution >= 0.6 is 0 Å². The second kappa shape index (κ2) is 29.6. The van der Waals surface area contributed by atoms with Gasteiger partial charge in [-0.1, -0.05) is 149 Å². The zero-order chi connectivity index (χ0) is 25.7. The van der Waals surface area contributed by atoms with Crippen molar-refractivity contribution in [1.82, 2.24) is 0 Å². The zero-order valence-electron chi connectivity index (χ0n) is 23.8. The summed E-state index contributed by atoms with van der Waals surface area (Å²) in [6.45, 7) is 5.51. The van der Waals surface area contributed by atoms with Gasteiger partial charge < -0.3 is 14.6 Å². The smallest absolute Gasteiger partial charge is 0.305 e. The second-order valence-corrected chi connectivity index (χ2v) is 10.6. The summed E-state index contributed by atoms with van der Waals surface area (Å²) in [5.41, 5.74) is 0. The third kappa shape index (κ3) is 29.5. The van der Waals surface area contributed by atoms with E-state index in [2.05, 4.69) is 13.8 Å². The number of rotatable bonds is 29. The number of hydrogen-bond donors (Lipinski definition) is 1. The van der Waals surface area contributed by atoms with Crippen molar-refractivity contribution in [3.05, 3.63) is 0 Å². The molecule has 35 heavy (non-hydrogen) atoms. The molecule has 0 spiro atoms. The molecule has 0 aliphatic heterocycles. The Morgan fingerprint density at radius 1 is 0.543 bits per heavy atom. The van der Waals surface area contributed by atoms with E-state index in [4.69, 9.17) is 9.47 Å². The van der Waals surface area contributed by atoms with Crippen molar-refractivity contribution >= 4 is 5.97 Å². The summed E-state index contributed by atoms with van der Waals surface area (Å²) >= 11 is 0. The number of aliphatic hydroxyl groups excluding tert-OH is 1. The molecule has 0 fully saturated rings. The molecule has 0 rings (SSSR count). The van der Waals surface area contributed by atoms with Gasteiger partial charge in [0.15, 0.2) is 0 Å². The number of unbranched alkanes of at least 4 members (excludes halogenated alkanes) is 21. The average Bonchev–Trinajstić information content (AvgIpc) is 2.86. The first-order chi connectivity index (χ1) is 17.2. The molecular weight excluding hydrogens is 436 g/mol. The Morgan fingerprint density at radius 3 is 1.34 bits per heavy atom. The van der Waals surface area contributed by atoms with Crippen LogP contribution in [-0.2, 0) is 14.3 Å². The Hall–Kier alpha value is -0.610. The molecule has 0 amide bonds. The van der Waals surface area contributed by atoms with Crippen LogP contribution in [0.1, 0.15) is 168 Å². The number of esters is 1. The van der Waals surface area contributed by atoms with E-state index < -0.39 is 6.10 Å². The van der Waals surface area contributed by atoms with E-state index in [1.165, 1.54) is 128 Å². The summed E-state index contributed by atoms with van der Waals surface area (Å²) in [5.74, 6) is -0.193. The van der Waals surface area contributed by atoms with E-state index in [0.29, 0.717) is 13.0 Å². The molecule has 0 aliphatic rings. The highest BCUT2D eigenvalue weighted by molar-refractivity contribution is 5.69. The maximum absolute atomic E-state index is 11.8. The summed E-state index contributed by atoms with van der Waals surface area (Å²) in [6, 6.07) is 0. The minimum atomic E-state index is -0.714. The quantitative estimate of drug-likeness (QED) is 0.0824. The molecule has 1 atom stereocenters. The van der Waals surface area contributed by atoms with Crippen LogP contribution in [0.15, 0.2) is 0 Å². The first-order valence-corrected chi connectivity index (χ1v) is 15.6. The molecule has 210 valence electrons. The number of aliphatic hydroxyl groups is 1. The predicted molar refractivity (Wildman–Crippen MR) is 150 cm³/mol. The Labute approximate surface area is 219 Å². The summed E-state index contributed by atoms with van der Waals surface area (Å²) in [5, 5.41) is 9.94. The van der Waals surface area contributed by atoms with Gasteiger partial charge in [0.2, 0.25) is 0 Å². The van der Waals surface area contributed by atoms with Gasteiger partial charge in [-0.05, 0) is 12.8 Å². The molecular formula is C31H62O4. The largest absolute Gasteiger partial charge is 0.463 e. The van der Waals surface area contributed by atoms with E-state index in [-0.39, 0.29) is 19.2 Å². The Kier molecular flexibility index (Phi) is 29.1. The van der Waals surface area contributed by atoms with Crippen molar-refractivity contribution in [3.8, 4) is 0 Å². The van der Waals surface area contributed by atoms with Crippen molar-refractivity contribution in [2.45, 2.75) is 174 Å². The van der Waals surface area contributed by atoms with E-state index in [9.17, 15) is 9.90 Å². The molecule has 0 aromatic rings. The minimum absolute atomic E-state index is 0.0509. The van der Waals surface area contributed by atoms with Gasteiger partial charge in [0.1, 0.15) is 12.7 Å². The van der Waals surface area contributed by atoms with Crippen molar-refractivity contribution in [1.29, 1.82) is 0 Å². The molecule has 1 N–H and O–H groups in total. The number of ether oxygens (including phenoxy) is 2. The van der Waals surface area contributed by atoms with Crippen LogP contribution in [0.5, 0.6) is 0 Å². The lowest BCUT2D eigenvalue weighted by Gasteiger charge is -2.12. The molecule has 0 saturated heterocycles. The molecule has 0 aromatic carbocycles. The van der Waals surface area contributed by atoms with Gasteiger partial charge in [-0.3, -0.25) is 4.79 Å². The fraction of sp³-hybridized carbons (Fsp3) is 0.968. The second-order valence-electron chi connectivity index (χ2n) is 10.6. The van der Waals surface area contributed by atoms with Gasteiger partial charge in [0.05, 0.1) is 6.61 Å². The van der Waals surface area contributed by atoms with E-state index in [0.717, 1.165) is 19.3 Å². The first kappa shape index (κ1) is 34.4. The van der Waals surface area contributed by atoms with Crippen LogP contribution < -0.4 is 0 Å². The molecule has 0 heterocycles. The molecule has 4 nitrogen and oxygen atoms in total. The topological polar surface area (TPSA) is 55.8 Å². The predicted octanol–water partition coefficient (Wildman–Crippen LogP) is 9.31. The Balaban J connectivity index is 3.28. The molecule has 0 aliphatic carbocycles. The molecule has 0 radical (unpaired) electrons. The van der Waals surface area contributed by atoms with E-state index in [1.807, 2.05) is 0 Å².